The van der Waals surface area contributed by atoms with Crippen LogP contribution in [0.2, 0.25) is 0 Å². The molecule has 0 saturated carbocycles. The number of hydrogen-bond acceptors (Lipinski definition) is 1. The van der Waals surface area contributed by atoms with Gasteiger partial charge in [-0.1, -0.05) is 0 Å². The third-order valence-electron chi connectivity index (χ3n) is 0.519. The highest BCUT2D eigenvalue weighted by Crippen LogP contribution is 1.82. The van der Waals surface area contributed by atoms with E-state index in [0.29, 0.717) is 0 Å². The maximum Gasteiger partial charge on any atom is 0.108 e. The van der Waals surface area contributed by atoms with Gasteiger partial charge in [-0.05, 0) is 6.92 Å². The van der Waals surface area contributed by atoms with Crippen molar-refractivity contribution in [2.45, 2.75) is 13.0 Å². The van der Waals surface area contributed by atoms with Crippen molar-refractivity contribution in [3.63, 3.8) is 0 Å². The molecule has 2 heteroatoms. The van der Waals surface area contributed by atoms with E-state index in [1.54, 1.807) is 6.92 Å². The number of hydrogen-bond donors (Lipinski definition) is 0. The van der Waals surface area contributed by atoms with Crippen LogP contribution in [0.4, 0.5) is 0 Å². The van der Waals surface area contributed by atoms with Crippen molar-refractivity contribution < 1.29 is 9.84 Å². The maximum absolute atomic E-state index is 9.70. The van der Waals surface area contributed by atoms with E-state index < -0.39 is 0 Å². The van der Waals surface area contributed by atoms with Gasteiger partial charge in [0.25, 0.3) is 0 Å². The molecule has 36 valence electrons. The monoisotopic (exact) mass is 88.1 g/mol. The third-order valence-corrected chi connectivity index (χ3v) is 0.519. The van der Waals surface area contributed by atoms with Crippen LogP contribution < -0.4 is 0 Å². The first kappa shape index (κ1) is 5.92. The lowest BCUT2D eigenvalue weighted by Crippen LogP contribution is -2.06. The number of rotatable bonds is 2. The van der Waals surface area contributed by atoms with Crippen LogP contribution in [-0.4, -0.2) is 12.7 Å². The Balaban J connectivity index is 2.75. The van der Waals surface area contributed by atoms with Gasteiger partial charge in [0.05, 0.1) is 13.2 Å². The van der Waals surface area contributed by atoms with Gasteiger partial charge in [0, 0.05) is 0 Å². The summed E-state index contributed by atoms with van der Waals surface area (Å²) in [6.07, 6.45) is -0.231. The van der Waals surface area contributed by atoms with Gasteiger partial charge in [0.2, 0.25) is 0 Å². The Kier molecular flexibility index (Phi) is 3.08. The molecule has 0 fully saturated rings. The lowest BCUT2D eigenvalue weighted by atomic mass is 10.4. The van der Waals surface area contributed by atoms with Crippen molar-refractivity contribution in [3.05, 3.63) is 7.11 Å². The Bertz CT molecular complexity index is 24.7. The topological polar surface area (TPSA) is 29.1 Å². The summed E-state index contributed by atoms with van der Waals surface area (Å²) in [6.45, 7) is 1.48. The Hall–Kier alpha value is -0.0800. The third kappa shape index (κ3) is 2.18. The van der Waals surface area contributed by atoms with E-state index in [1.807, 2.05) is 0 Å². The molecule has 0 saturated heterocycles. The zero-order valence-corrected chi connectivity index (χ0v) is 3.81. The minimum absolute atomic E-state index is 0.205. The van der Waals surface area contributed by atoms with E-state index in [1.165, 1.54) is 0 Å². The molecule has 0 bridgehead atoms. The van der Waals surface area contributed by atoms with Gasteiger partial charge in [-0.2, -0.15) is 0 Å². The fourth-order valence-corrected chi connectivity index (χ4v) is 0.0481. The van der Waals surface area contributed by atoms with Crippen molar-refractivity contribution in [1.82, 2.24) is 0 Å². The van der Waals surface area contributed by atoms with Gasteiger partial charge in [0.1, 0.15) is 6.61 Å². The van der Waals surface area contributed by atoms with Crippen LogP contribution in [0, 0.1) is 7.11 Å². The summed E-state index contributed by atoms with van der Waals surface area (Å²) in [4.78, 5) is 0. The van der Waals surface area contributed by atoms with Crippen molar-refractivity contribution in [2.75, 3.05) is 6.61 Å². The molecule has 0 aliphatic rings. The Labute approximate surface area is 37.7 Å². The Morgan fingerprint density at radius 3 is 2.50 bits per heavy atom. The van der Waals surface area contributed by atoms with Gasteiger partial charge < -0.3 is 4.74 Å². The number of ether oxygens (including phenoxy) is 1. The first-order chi connectivity index (χ1) is 2.81. The summed E-state index contributed by atoms with van der Waals surface area (Å²) in [5.74, 6) is 0. The molecule has 0 rings (SSSR count). The van der Waals surface area contributed by atoms with Crippen LogP contribution in [0.15, 0.2) is 0 Å². The van der Waals surface area contributed by atoms with Gasteiger partial charge in [-0.25, -0.2) is 5.11 Å². The van der Waals surface area contributed by atoms with Crippen molar-refractivity contribution in [2.24, 2.45) is 0 Å². The maximum atomic E-state index is 9.70. The highest BCUT2D eigenvalue weighted by molar-refractivity contribution is 4.40. The van der Waals surface area contributed by atoms with Crippen LogP contribution in [-0.2, 0) is 9.84 Å². The average molecular weight is 88.1 g/mol. The second kappa shape index (κ2) is 3.12. The minimum Gasteiger partial charge on any atom is -0.374 e. The Morgan fingerprint density at radius 1 is 2.00 bits per heavy atom. The lowest BCUT2D eigenvalue weighted by molar-refractivity contribution is 0.0513. The average Bonchev–Trinajstić information content (AvgIpc) is 1.65. The quantitative estimate of drug-likeness (QED) is 0.486. The first-order valence-electron chi connectivity index (χ1n) is 1.80. The summed E-state index contributed by atoms with van der Waals surface area (Å²) in [6, 6.07) is 0. The molecular weight excluding hydrogens is 80.0 g/mol. The van der Waals surface area contributed by atoms with Crippen molar-refractivity contribution in [1.29, 1.82) is 0 Å². The first-order valence-corrected chi connectivity index (χ1v) is 1.80. The van der Waals surface area contributed by atoms with Crippen LogP contribution in [0.5, 0.6) is 0 Å². The summed E-state index contributed by atoms with van der Waals surface area (Å²) >= 11 is 0. The highest BCUT2D eigenvalue weighted by atomic mass is 16.5. The van der Waals surface area contributed by atoms with E-state index in [2.05, 4.69) is 11.8 Å². The highest BCUT2D eigenvalue weighted by Gasteiger charge is 1.92. The summed E-state index contributed by atoms with van der Waals surface area (Å²) in [7, 11) is 3.06. The van der Waals surface area contributed by atoms with Crippen LogP contribution in [0.3, 0.4) is 0 Å². The molecule has 0 N–H and O–H groups in total. The van der Waals surface area contributed by atoms with E-state index in [4.69, 9.17) is 0 Å². The normalized spacial score (nSPS) is 14.5. The zero-order chi connectivity index (χ0) is 4.99. The van der Waals surface area contributed by atoms with Gasteiger partial charge in [0.15, 0.2) is 0 Å². The van der Waals surface area contributed by atoms with Crippen LogP contribution >= 0.6 is 0 Å². The molecule has 0 spiro atoms. The van der Waals surface area contributed by atoms with E-state index >= 15 is 0 Å². The molecule has 0 aromatic heterocycles. The summed E-state index contributed by atoms with van der Waals surface area (Å²) in [5.41, 5.74) is 0. The van der Waals surface area contributed by atoms with E-state index in [0.717, 1.165) is 0 Å². The minimum atomic E-state index is -0.231. The van der Waals surface area contributed by atoms with Gasteiger partial charge in [-0.15, -0.1) is 0 Å². The molecule has 0 aromatic carbocycles. The predicted octanol–water partition coefficient (Wildman–Crippen LogP) is 0.614. The van der Waals surface area contributed by atoms with Crippen molar-refractivity contribution in [3.8, 4) is 0 Å². The summed E-state index contributed by atoms with van der Waals surface area (Å²) in [5, 5.41) is 9.70. The van der Waals surface area contributed by atoms with Crippen LogP contribution in [0.25, 0.3) is 0 Å². The predicted molar refractivity (Wildman–Crippen MR) is 21.5 cm³/mol. The molecule has 0 aliphatic carbocycles. The molecule has 0 aliphatic heterocycles. The zero-order valence-electron chi connectivity index (χ0n) is 3.81. The molecular formula is C4H8O2. The van der Waals surface area contributed by atoms with Crippen molar-refractivity contribution >= 4 is 0 Å². The molecule has 1 unspecified atom stereocenters. The van der Waals surface area contributed by atoms with Crippen LogP contribution in [0.1, 0.15) is 6.92 Å². The summed E-state index contributed by atoms with van der Waals surface area (Å²) < 4.78 is 4.34. The van der Waals surface area contributed by atoms with Gasteiger partial charge in [-0.3, -0.25) is 0 Å². The second-order valence-corrected chi connectivity index (χ2v) is 1.14. The fourth-order valence-electron chi connectivity index (χ4n) is 0.0481. The smallest absolute Gasteiger partial charge is 0.108 e. The molecule has 2 nitrogen and oxygen atoms in total. The lowest BCUT2D eigenvalue weighted by Gasteiger charge is -1.98. The molecule has 1 atom stereocenters. The van der Waals surface area contributed by atoms with E-state index in [9.17, 15) is 5.11 Å². The Morgan fingerprint density at radius 2 is 2.50 bits per heavy atom. The van der Waals surface area contributed by atoms with Gasteiger partial charge >= 0.3 is 0 Å². The second-order valence-electron chi connectivity index (χ2n) is 1.14. The molecule has 0 aromatic rings. The fraction of sp³-hybridized carbons (Fsp3) is 0.750. The molecule has 0 heterocycles. The SMILES string of the molecule is [CH2]OC(C)C[O]. The van der Waals surface area contributed by atoms with E-state index in [-0.39, 0.29) is 12.7 Å². The molecule has 2 radical (unpaired) electrons. The standard InChI is InChI=1S/C4H8O2/c1-4(3-5)6-2/h4H,2-3H2,1H3. The largest absolute Gasteiger partial charge is 0.374 e. The molecule has 6 heavy (non-hydrogen) atoms. The molecule has 0 amide bonds.